The second kappa shape index (κ2) is 7.17. The lowest BCUT2D eigenvalue weighted by Crippen LogP contribution is -1.91. The normalized spacial score (nSPS) is 11.5. The summed E-state index contributed by atoms with van der Waals surface area (Å²) in [6.45, 7) is 0. The average Bonchev–Trinajstić information content (AvgIpc) is 2.91. The number of hydrogen-bond acceptors (Lipinski definition) is 1. The van der Waals surface area contributed by atoms with Crippen LogP contribution in [0.25, 0.3) is 65.3 Å². The van der Waals surface area contributed by atoms with Gasteiger partial charge in [-0.2, -0.15) is 5.26 Å². The van der Waals surface area contributed by atoms with Crippen molar-refractivity contribution < 1.29 is 0 Å². The highest BCUT2D eigenvalue weighted by atomic mass is 14.2. The molecule has 0 saturated heterocycles. The highest BCUT2D eigenvalue weighted by molar-refractivity contribution is 6.28. The van der Waals surface area contributed by atoms with Gasteiger partial charge in [0.05, 0.1) is 11.6 Å². The van der Waals surface area contributed by atoms with Gasteiger partial charge in [-0.1, -0.05) is 91.0 Å². The van der Waals surface area contributed by atoms with E-state index in [1.165, 1.54) is 59.8 Å². The van der Waals surface area contributed by atoms with Gasteiger partial charge < -0.3 is 0 Å². The molecular formula is C33H19N. The van der Waals surface area contributed by atoms with Crippen molar-refractivity contribution in [3.63, 3.8) is 0 Å². The zero-order valence-corrected chi connectivity index (χ0v) is 18.4. The van der Waals surface area contributed by atoms with Crippen molar-refractivity contribution in [3.8, 4) is 28.3 Å². The summed E-state index contributed by atoms with van der Waals surface area (Å²) in [5, 5.41) is 19.4. The molecule has 0 saturated carbocycles. The first-order valence-electron chi connectivity index (χ1n) is 11.5. The quantitative estimate of drug-likeness (QED) is 0.252. The van der Waals surface area contributed by atoms with Gasteiger partial charge in [0, 0.05) is 0 Å². The molecule has 1 nitrogen and oxygen atoms in total. The Balaban J connectivity index is 1.63. The summed E-state index contributed by atoms with van der Waals surface area (Å²) in [6, 6.07) is 43.3. The summed E-state index contributed by atoms with van der Waals surface area (Å²) in [6.07, 6.45) is 0. The first kappa shape index (κ1) is 18.9. The van der Waals surface area contributed by atoms with Gasteiger partial charge in [-0.25, -0.2) is 0 Å². The van der Waals surface area contributed by atoms with Crippen LogP contribution in [-0.2, 0) is 0 Å². The van der Waals surface area contributed by atoms with Crippen LogP contribution in [0.15, 0.2) is 115 Å². The number of nitrogens with zero attached hydrogens (tertiary/aromatic N) is 1. The van der Waals surface area contributed by atoms with Crippen LogP contribution in [0.5, 0.6) is 0 Å². The molecule has 0 aliphatic rings. The van der Waals surface area contributed by atoms with E-state index in [4.69, 9.17) is 0 Å². The molecule has 7 aromatic carbocycles. The Kier molecular flexibility index (Phi) is 3.98. The molecule has 0 aromatic heterocycles. The van der Waals surface area contributed by atoms with E-state index in [1.807, 2.05) is 12.1 Å². The Morgan fingerprint density at radius 3 is 1.74 bits per heavy atom. The minimum absolute atomic E-state index is 0.677. The third kappa shape index (κ3) is 2.73. The summed E-state index contributed by atoms with van der Waals surface area (Å²) in [4.78, 5) is 0. The number of benzene rings is 7. The van der Waals surface area contributed by atoms with E-state index < -0.39 is 0 Å². The van der Waals surface area contributed by atoms with E-state index in [-0.39, 0.29) is 0 Å². The Morgan fingerprint density at radius 2 is 1.03 bits per heavy atom. The standard InChI is InChI=1S/C33H19N/c34-20-21-8-10-23(11-9-21)30-19-31(27-13-12-22-4-1-2-5-26(22)18-27)29-17-15-25-7-3-6-24-14-16-28(30)33(29)32(24)25/h1-19H. The van der Waals surface area contributed by atoms with Crippen molar-refractivity contribution in [3.05, 3.63) is 121 Å². The third-order valence-electron chi connectivity index (χ3n) is 7.03. The zero-order valence-electron chi connectivity index (χ0n) is 18.4. The van der Waals surface area contributed by atoms with Crippen LogP contribution in [0.1, 0.15) is 5.56 Å². The SMILES string of the molecule is N#Cc1ccc(-c2cc(-c3ccc4ccccc4c3)c3ccc4cccc5ccc2c3c54)cc1. The van der Waals surface area contributed by atoms with Gasteiger partial charge in [0.15, 0.2) is 0 Å². The van der Waals surface area contributed by atoms with Crippen LogP contribution in [-0.4, -0.2) is 0 Å². The van der Waals surface area contributed by atoms with Gasteiger partial charge in [0.25, 0.3) is 0 Å². The van der Waals surface area contributed by atoms with Gasteiger partial charge in [0.2, 0.25) is 0 Å². The van der Waals surface area contributed by atoms with Crippen LogP contribution in [0.2, 0.25) is 0 Å². The summed E-state index contributed by atoms with van der Waals surface area (Å²) < 4.78 is 0. The zero-order chi connectivity index (χ0) is 22.6. The molecule has 0 unspecified atom stereocenters. The fourth-order valence-electron chi connectivity index (χ4n) is 5.39. The van der Waals surface area contributed by atoms with E-state index in [0.29, 0.717) is 5.56 Å². The fourth-order valence-corrected chi connectivity index (χ4v) is 5.39. The molecule has 0 atom stereocenters. The smallest absolute Gasteiger partial charge is 0.0991 e. The molecule has 0 spiro atoms. The summed E-state index contributed by atoms with van der Waals surface area (Å²) in [5.74, 6) is 0. The third-order valence-corrected chi connectivity index (χ3v) is 7.03. The van der Waals surface area contributed by atoms with Crippen molar-refractivity contribution in [2.75, 3.05) is 0 Å². The lowest BCUT2D eigenvalue weighted by Gasteiger charge is -2.18. The largest absolute Gasteiger partial charge is 0.192 e. The number of rotatable bonds is 2. The van der Waals surface area contributed by atoms with Gasteiger partial charge in [-0.3, -0.25) is 0 Å². The van der Waals surface area contributed by atoms with Crippen LogP contribution in [0.4, 0.5) is 0 Å². The topological polar surface area (TPSA) is 23.8 Å². The minimum Gasteiger partial charge on any atom is -0.192 e. The predicted molar refractivity (Wildman–Crippen MR) is 143 cm³/mol. The van der Waals surface area contributed by atoms with E-state index in [0.717, 1.165) is 5.56 Å². The van der Waals surface area contributed by atoms with E-state index in [9.17, 15) is 5.26 Å². The Labute approximate surface area is 197 Å². The molecule has 0 N–H and O–H groups in total. The molecule has 0 aliphatic heterocycles. The molecule has 0 fully saturated rings. The summed E-state index contributed by atoms with van der Waals surface area (Å²) in [5.41, 5.74) is 5.44. The molecule has 0 amide bonds. The van der Waals surface area contributed by atoms with Crippen LogP contribution >= 0.6 is 0 Å². The fraction of sp³-hybridized carbons (Fsp3) is 0. The molecular weight excluding hydrogens is 410 g/mol. The molecule has 1 heteroatoms. The molecule has 0 radical (unpaired) electrons. The molecule has 34 heavy (non-hydrogen) atoms. The monoisotopic (exact) mass is 429 g/mol. The second-order valence-electron chi connectivity index (χ2n) is 8.90. The van der Waals surface area contributed by atoms with Gasteiger partial charge in [0.1, 0.15) is 0 Å². The molecule has 7 rings (SSSR count). The Hall–Kier alpha value is -4.67. The minimum atomic E-state index is 0.677. The lowest BCUT2D eigenvalue weighted by atomic mass is 9.85. The van der Waals surface area contributed by atoms with Crippen LogP contribution < -0.4 is 0 Å². The van der Waals surface area contributed by atoms with Gasteiger partial charge in [-0.05, 0) is 89.6 Å². The molecule has 156 valence electrons. The summed E-state index contributed by atoms with van der Waals surface area (Å²) >= 11 is 0. The molecule has 0 aliphatic carbocycles. The highest BCUT2D eigenvalue weighted by Crippen LogP contribution is 2.44. The van der Waals surface area contributed by atoms with Crippen LogP contribution in [0, 0.1) is 11.3 Å². The Morgan fingerprint density at radius 1 is 0.441 bits per heavy atom. The van der Waals surface area contributed by atoms with Crippen molar-refractivity contribution in [2.24, 2.45) is 0 Å². The van der Waals surface area contributed by atoms with E-state index in [2.05, 4.69) is 109 Å². The van der Waals surface area contributed by atoms with Gasteiger partial charge in [-0.15, -0.1) is 0 Å². The maximum Gasteiger partial charge on any atom is 0.0991 e. The van der Waals surface area contributed by atoms with Crippen LogP contribution in [0.3, 0.4) is 0 Å². The average molecular weight is 430 g/mol. The second-order valence-corrected chi connectivity index (χ2v) is 8.90. The van der Waals surface area contributed by atoms with Crippen molar-refractivity contribution in [1.29, 1.82) is 5.26 Å². The van der Waals surface area contributed by atoms with Gasteiger partial charge >= 0.3 is 0 Å². The van der Waals surface area contributed by atoms with Crippen molar-refractivity contribution in [1.82, 2.24) is 0 Å². The molecule has 0 heterocycles. The molecule has 0 bridgehead atoms. The van der Waals surface area contributed by atoms with Crippen molar-refractivity contribution in [2.45, 2.75) is 0 Å². The van der Waals surface area contributed by atoms with E-state index >= 15 is 0 Å². The summed E-state index contributed by atoms with van der Waals surface area (Å²) in [7, 11) is 0. The number of nitriles is 1. The van der Waals surface area contributed by atoms with E-state index in [1.54, 1.807) is 0 Å². The number of fused-ring (bicyclic) bond motifs is 1. The Bertz CT molecular complexity index is 1890. The first-order chi connectivity index (χ1) is 16.8. The highest BCUT2D eigenvalue weighted by Gasteiger charge is 2.16. The maximum absolute atomic E-state index is 9.29. The molecule has 7 aromatic rings. The maximum atomic E-state index is 9.29. The predicted octanol–water partition coefficient (Wildman–Crippen LogP) is 8.94. The lowest BCUT2D eigenvalue weighted by molar-refractivity contribution is 1.48. The number of hydrogen-bond donors (Lipinski definition) is 0. The van der Waals surface area contributed by atoms with Crippen molar-refractivity contribution >= 4 is 43.1 Å². The first-order valence-corrected chi connectivity index (χ1v) is 11.5.